The molecule has 1 saturated heterocycles. The molecule has 0 bridgehead atoms. The number of ether oxygens (including phenoxy) is 1. The topological polar surface area (TPSA) is 93.5 Å². The van der Waals surface area contributed by atoms with Crippen molar-refractivity contribution in [3.8, 4) is 11.1 Å². The summed E-state index contributed by atoms with van der Waals surface area (Å²) in [5.41, 5.74) is -1.89. The van der Waals surface area contributed by atoms with Crippen LogP contribution in [-0.2, 0) is 40.3 Å². The van der Waals surface area contributed by atoms with Gasteiger partial charge in [-0.3, -0.25) is 9.48 Å². The maximum atomic E-state index is 13.6. The second kappa shape index (κ2) is 12.0. The van der Waals surface area contributed by atoms with Crippen LogP contribution in [0.1, 0.15) is 43.4 Å². The van der Waals surface area contributed by atoms with Gasteiger partial charge < -0.3 is 14.5 Å². The van der Waals surface area contributed by atoms with Gasteiger partial charge in [-0.25, -0.2) is 14.8 Å². The molecule has 42 heavy (non-hydrogen) atoms. The van der Waals surface area contributed by atoms with E-state index in [4.69, 9.17) is 4.74 Å². The second-order valence-corrected chi connectivity index (χ2v) is 9.85. The molecule has 0 aliphatic carbocycles. The quantitative estimate of drug-likeness (QED) is 0.218. The third kappa shape index (κ3) is 6.82. The van der Waals surface area contributed by atoms with Gasteiger partial charge in [0.25, 0.3) is 0 Å². The minimum atomic E-state index is -5.02. The molecule has 4 rings (SSSR count). The van der Waals surface area contributed by atoms with Gasteiger partial charge in [0.15, 0.2) is 0 Å². The van der Waals surface area contributed by atoms with E-state index in [0.29, 0.717) is 29.7 Å². The molecular formula is C27H28F6N6O3. The zero-order valence-corrected chi connectivity index (χ0v) is 22.9. The Morgan fingerprint density at radius 2 is 1.60 bits per heavy atom. The Kier molecular flexibility index (Phi) is 8.78. The fraction of sp³-hybridized carbons (Fsp3) is 0.444. The standard InChI is InChI=1S/C27H28F6N6O3/c1-4-21-9-22(15-38(21)23(40)24(41)42-5-2)39(25-34-10-17(11-35-25)18-12-36-37(3)14-18)13-16-6-19(26(28,29)30)8-20(7-16)27(31,32)33/h6-8,10-12,14,21-22H,4-5,9,13,15H2,1-3H3. The van der Waals surface area contributed by atoms with Gasteiger partial charge in [-0.1, -0.05) is 6.92 Å². The number of hydrogen-bond acceptors (Lipinski definition) is 7. The van der Waals surface area contributed by atoms with Crippen molar-refractivity contribution in [2.45, 2.75) is 57.7 Å². The first-order valence-electron chi connectivity index (χ1n) is 13.0. The predicted molar refractivity (Wildman–Crippen MR) is 138 cm³/mol. The summed E-state index contributed by atoms with van der Waals surface area (Å²) in [7, 11) is 1.72. The van der Waals surface area contributed by atoms with E-state index in [9.17, 15) is 35.9 Å². The Bertz CT molecular complexity index is 1390. The zero-order valence-electron chi connectivity index (χ0n) is 22.9. The van der Waals surface area contributed by atoms with Crippen molar-refractivity contribution >= 4 is 17.8 Å². The number of aromatic nitrogens is 4. The molecule has 0 spiro atoms. The van der Waals surface area contributed by atoms with Crippen molar-refractivity contribution in [1.29, 1.82) is 0 Å². The normalized spacial score (nSPS) is 17.4. The largest absolute Gasteiger partial charge is 0.459 e. The first-order valence-corrected chi connectivity index (χ1v) is 13.0. The molecule has 1 aromatic carbocycles. The lowest BCUT2D eigenvalue weighted by Gasteiger charge is -2.29. The summed E-state index contributed by atoms with van der Waals surface area (Å²) in [4.78, 5) is 36.5. The van der Waals surface area contributed by atoms with Crippen LogP contribution in [0, 0.1) is 0 Å². The van der Waals surface area contributed by atoms with Gasteiger partial charge >= 0.3 is 24.2 Å². The number of esters is 1. The summed E-state index contributed by atoms with van der Waals surface area (Å²) in [6, 6.07) is 0.299. The van der Waals surface area contributed by atoms with Crippen molar-refractivity contribution in [2.75, 3.05) is 18.1 Å². The summed E-state index contributed by atoms with van der Waals surface area (Å²) >= 11 is 0. The monoisotopic (exact) mass is 598 g/mol. The number of hydrogen-bond donors (Lipinski definition) is 0. The van der Waals surface area contributed by atoms with E-state index in [1.165, 1.54) is 22.2 Å². The lowest BCUT2D eigenvalue weighted by Crippen LogP contribution is -2.43. The van der Waals surface area contributed by atoms with Gasteiger partial charge in [0.05, 0.1) is 30.0 Å². The van der Waals surface area contributed by atoms with Gasteiger partial charge in [0.1, 0.15) is 0 Å². The van der Waals surface area contributed by atoms with Crippen LogP contribution in [0.4, 0.5) is 32.3 Å². The number of halogens is 6. The zero-order chi connectivity index (χ0) is 30.8. The molecule has 0 saturated carbocycles. The minimum Gasteiger partial charge on any atom is -0.459 e. The van der Waals surface area contributed by atoms with E-state index >= 15 is 0 Å². The molecule has 1 aliphatic rings. The number of benzene rings is 1. The summed E-state index contributed by atoms with van der Waals surface area (Å²) in [6.07, 6.45) is -3.10. The third-order valence-electron chi connectivity index (χ3n) is 6.95. The number of alkyl halides is 6. The minimum absolute atomic E-state index is 0.0149. The van der Waals surface area contributed by atoms with Crippen molar-refractivity contribution in [2.24, 2.45) is 7.05 Å². The highest BCUT2D eigenvalue weighted by atomic mass is 19.4. The first-order chi connectivity index (χ1) is 19.7. The number of likely N-dealkylation sites (tertiary alicyclic amines) is 1. The molecule has 3 heterocycles. The third-order valence-corrected chi connectivity index (χ3v) is 6.95. The van der Waals surface area contributed by atoms with E-state index < -0.39 is 54.0 Å². The molecule has 226 valence electrons. The van der Waals surface area contributed by atoms with Crippen LogP contribution in [0.5, 0.6) is 0 Å². The molecule has 3 aromatic rings. The maximum Gasteiger partial charge on any atom is 0.416 e. The lowest BCUT2D eigenvalue weighted by molar-refractivity contribution is -0.160. The molecule has 9 nitrogen and oxygen atoms in total. The number of anilines is 1. The summed E-state index contributed by atoms with van der Waals surface area (Å²) in [5.74, 6) is -1.90. The molecule has 0 N–H and O–H groups in total. The van der Waals surface area contributed by atoms with E-state index in [0.717, 1.165) is 0 Å². The second-order valence-electron chi connectivity index (χ2n) is 9.85. The van der Waals surface area contributed by atoms with Crippen LogP contribution < -0.4 is 4.90 Å². The average molecular weight is 599 g/mol. The molecule has 15 heteroatoms. The molecule has 1 aliphatic heterocycles. The van der Waals surface area contributed by atoms with Gasteiger partial charge in [-0.15, -0.1) is 0 Å². The van der Waals surface area contributed by atoms with Crippen LogP contribution in [0.3, 0.4) is 0 Å². The Morgan fingerprint density at radius 3 is 2.10 bits per heavy atom. The molecule has 1 fully saturated rings. The van der Waals surface area contributed by atoms with Gasteiger partial charge in [0.2, 0.25) is 5.95 Å². The van der Waals surface area contributed by atoms with Crippen LogP contribution >= 0.6 is 0 Å². The van der Waals surface area contributed by atoms with Gasteiger partial charge in [-0.05, 0) is 43.5 Å². The van der Waals surface area contributed by atoms with Crippen molar-refractivity contribution in [3.63, 3.8) is 0 Å². The average Bonchev–Trinajstić information content (AvgIpc) is 3.57. The Balaban J connectivity index is 1.74. The number of rotatable bonds is 7. The Hall–Kier alpha value is -4.17. The number of carbonyl (C=O) groups is 2. The van der Waals surface area contributed by atoms with Gasteiger partial charge in [0, 0.05) is 55.9 Å². The van der Waals surface area contributed by atoms with Crippen LogP contribution in [-0.4, -0.2) is 61.8 Å². The highest BCUT2D eigenvalue weighted by Gasteiger charge is 2.41. The van der Waals surface area contributed by atoms with E-state index in [2.05, 4.69) is 15.1 Å². The Labute approximate surface area is 237 Å². The Morgan fingerprint density at radius 1 is 0.976 bits per heavy atom. The van der Waals surface area contributed by atoms with Crippen molar-refractivity contribution < 1.29 is 40.7 Å². The van der Waals surface area contributed by atoms with Crippen molar-refractivity contribution in [3.05, 3.63) is 59.7 Å². The number of aryl methyl sites for hydroxylation is 1. The smallest absolute Gasteiger partial charge is 0.416 e. The van der Waals surface area contributed by atoms with Crippen molar-refractivity contribution in [1.82, 2.24) is 24.6 Å². The summed E-state index contributed by atoms with van der Waals surface area (Å²) in [6.45, 7) is 2.86. The van der Waals surface area contributed by atoms with Crippen LogP contribution in [0.2, 0.25) is 0 Å². The first kappa shape index (κ1) is 30.8. The lowest BCUT2D eigenvalue weighted by atomic mass is 10.0. The van der Waals surface area contributed by atoms with Crippen LogP contribution in [0.15, 0.2) is 43.0 Å². The molecule has 2 unspecified atom stereocenters. The highest BCUT2D eigenvalue weighted by Crippen LogP contribution is 2.37. The maximum absolute atomic E-state index is 13.6. The molecular weight excluding hydrogens is 570 g/mol. The fourth-order valence-electron chi connectivity index (χ4n) is 4.92. The van der Waals surface area contributed by atoms with E-state index in [1.807, 2.05) is 0 Å². The summed E-state index contributed by atoms with van der Waals surface area (Å²) in [5, 5.41) is 4.09. The molecule has 0 radical (unpaired) electrons. The molecule has 1 amide bonds. The number of nitrogens with zero attached hydrogens (tertiary/aromatic N) is 6. The molecule has 2 atom stereocenters. The predicted octanol–water partition coefficient (Wildman–Crippen LogP) is 4.86. The van der Waals surface area contributed by atoms with Gasteiger partial charge in [-0.2, -0.15) is 31.4 Å². The van der Waals surface area contributed by atoms with Crippen LogP contribution in [0.25, 0.3) is 11.1 Å². The summed E-state index contributed by atoms with van der Waals surface area (Å²) < 4.78 is 87.9. The van der Waals surface area contributed by atoms with E-state index in [1.54, 1.807) is 38.0 Å². The highest BCUT2D eigenvalue weighted by molar-refractivity contribution is 6.32. The number of amides is 1. The van der Waals surface area contributed by atoms with E-state index in [-0.39, 0.29) is 37.2 Å². The molecule has 2 aromatic heterocycles. The fourth-order valence-corrected chi connectivity index (χ4v) is 4.92. The SMILES string of the molecule is CCOC(=O)C(=O)N1CC(N(Cc2cc(C(F)(F)F)cc(C(F)(F)F)c2)c2ncc(-c3cnn(C)c3)cn2)CC1CC. The number of carbonyl (C=O) groups excluding carboxylic acids is 2.